The Morgan fingerprint density at radius 1 is 1.37 bits per heavy atom. The summed E-state index contributed by atoms with van der Waals surface area (Å²) in [5.74, 6) is -0.881. The molecule has 0 bridgehead atoms. The van der Waals surface area contributed by atoms with Crippen LogP contribution in [0.5, 0.6) is 0 Å². The SMILES string of the molecule is O=C(O)CC1CN(C(=O)c2cn3ccccc3n2)C1. The third kappa shape index (κ3) is 2.16. The first-order chi connectivity index (χ1) is 9.13. The van der Waals surface area contributed by atoms with Crippen molar-refractivity contribution in [2.45, 2.75) is 6.42 Å². The summed E-state index contributed by atoms with van der Waals surface area (Å²) in [6.07, 6.45) is 3.65. The first-order valence-electron chi connectivity index (χ1n) is 6.08. The first kappa shape index (κ1) is 11.7. The van der Waals surface area contributed by atoms with Crippen LogP contribution in [-0.2, 0) is 4.79 Å². The molecule has 2 aromatic rings. The molecule has 1 aliphatic heterocycles. The van der Waals surface area contributed by atoms with Crippen molar-refractivity contribution in [1.29, 1.82) is 0 Å². The van der Waals surface area contributed by atoms with E-state index < -0.39 is 5.97 Å². The Kier molecular flexibility index (Phi) is 2.70. The van der Waals surface area contributed by atoms with E-state index in [1.165, 1.54) is 0 Å². The van der Waals surface area contributed by atoms with Gasteiger partial charge in [-0.1, -0.05) is 6.07 Å². The van der Waals surface area contributed by atoms with Gasteiger partial charge in [-0.25, -0.2) is 4.98 Å². The second-order valence-corrected chi connectivity index (χ2v) is 4.77. The molecule has 0 spiro atoms. The van der Waals surface area contributed by atoms with E-state index in [1.54, 1.807) is 15.5 Å². The number of carbonyl (C=O) groups is 2. The zero-order chi connectivity index (χ0) is 13.4. The van der Waals surface area contributed by atoms with Gasteiger partial charge in [0.15, 0.2) is 0 Å². The van der Waals surface area contributed by atoms with E-state index in [1.807, 2.05) is 24.4 Å². The number of nitrogens with zero attached hydrogens (tertiary/aromatic N) is 3. The maximum Gasteiger partial charge on any atom is 0.303 e. The van der Waals surface area contributed by atoms with Crippen molar-refractivity contribution < 1.29 is 14.7 Å². The van der Waals surface area contributed by atoms with E-state index in [0.29, 0.717) is 18.8 Å². The second kappa shape index (κ2) is 4.38. The van der Waals surface area contributed by atoms with Crippen LogP contribution in [-0.4, -0.2) is 44.4 Å². The van der Waals surface area contributed by atoms with Gasteiger partial charge in [-0.2, -0.15) is 0 Å². The number of aromatic nitrogens is 2. The average Bonchev–Trinajstić information content (AvgIpc) is 2.75. The standard InChI is InChI=1S/C13H13N3O3/c17-12(18)5-9-6-16(7-9)13(19)10-8-15-4-2-1-3-11(15)14-10/h1-4,8-9H,5-7H2,(H,17,18). The van der Waals surface area contributed by atoms with Crippen LogP contribution in [0.4, 0.5) is 0 Å². The molecule has 0 aromatic carbocycles. The molecule has 6 nitrogen and oxygen atoms in total. The number of likely N-dealkylation sites (tertiary alicyclic amines) is 1. The van der Waals surface area contributed by atoms with E-state index in [0.717, 1.165) is 5.65 Å². The number of hydrogen-bond donors (Lipinski definition) is 1. The number of fused-ring (bicyclic) bond motifs is 1. The molecule has 0 radical (unpaired) electrons. The fourth-order valence-corrected chi connectivity index (χ4v) is 2.31. The molecule has 1 fully saturated rings. The molecule has 1 saturated heterocycles. The molecule has 3 heterocycles. The topological polar surface area (TPSA) is 74.9 Å². The second-order valence-electron chi connectivity index (χ2n) is 4.77. The molecular weight excluding hydrogens is 246 g/mol. The molecule has 1 amide bonds. The number of carbonyl (C=O) groups excluding carboxylic acids is 1. The first-order valence-corrected chi connectivity index (χ1v) is 6.08. The lowest BCUT2D eigenvalue weighted by Crippen LogP contribution is -2.50. The van der Waals surface area contributed by atoms with Crippen LogP contribution in [0.25, 0.3) is 5.65 Å². The van der Waals surface area contributed by atoms with Gasteiger partial charge in [-0.05, 0) is 12.1 Å². The summed E-state index contributed by atoms with van der Waals surface area (Å²) in [6, 6.07) is 5.57. The minimum atomic E-state index is -0.815. The van der Waals surface area contributed by atoms with Gasteiger partial charge in [-0.3, -0.25) is 9.59 Å². The maximum atomic E-state index is 12.1. The molecule has 0 atom stereocenters. The predicted molar refractivity (Wildman–Crippen MR) is 66.8 cm³/mol. The lowest BCUT2D eigenvalue weighted by Gasteiger charge is -2.38. The Balaban J connectivity index is 1.70. The predicted octanol–water partition coefficient (Wildman–Crippen LogP) is 0.881. The lowest BCUT2D eigenvalue weighted by molar-refractivity contribution is -0.139. The Hall–Kier alpha value is -2.37. The summed E-state index contributed by atoms with van der Waals surface area (Å²) in [7, 11) is 0. The summed E-state index contributed by atoms with van der Waals surface area (Å²) >= 11 is 0. The van der Waals surface area contributed by atoms with Gasteiger partial charge < -0.3 is 14.4 Å². The highest BCUT2D eigenvalue weighted by molar-refractivity contribution is 5.93. The largest absolute Gasteiger partial charge is 0.481 e. The number of amides is 1. The summed E-state index contributed by atoms with van der Waals surface area (Å²) in [6.45, 7) is 0.998. The van der Waals surface area contributed by atoms with Crippen LogP contribution in [0.2, 0.25) is 0 Å². The Morgan fingerprint density at radius 3 is 2.84 bits per heavy atom. The van der Waals surface area contributed by atoms with Crippen LogP contribution in [0.3, 0.4) is 0 Å². The third-order valence-corrected chi connectivity index (χ3v) is 3.29. The molecule has 6 heteroatoms. The van der Waals surface area contributed by atoms with Crippen LogP contribution in [0, 0.1) is 5.92 Å². The average molecular weight is 259 g/mol. The smallest absolute Gasteiger partial charge is 0.303 e. The molecule has 1 aliphatic rings. The van der Waals surface area contributed by atoms with E-state index >= 15 is 0 Å². The number of pyridine rings is 1. The normalized spacial score (nSPS) is 15.5. The van der Waals surface area contributed by atoms with Crippen LogP contribution >= 0.6 is 0 Å². The highest BCUT2D eigenvalue weighted by Gasteiger charge is 2.33. The number of carboxylic acid groups (broad SMARTS) is 1. The van der Waals surface area contributed by atoms with Gasteiger partial charge in [0, 0.05) is 31.4 Å². The maximum absolute atomic E-state index is 12.1. The summed E-state index contributed by atoms with van der Waals surface area (Å²) in [5, 5.41) is 8.67. The van der Waals surface area contributed by atoms with Crippen molar-refractivity contribution in [3.8, 4) is 0 Å². The lowest BCUT2D eigenvalue weighted by atomic mass is 9.96. The molecule has 0 unspecified atom stereocenters. The molecule has 0 aliphatic carbocycles. The van der Waals surface area contributed by atoms with Crippen molar-refractivity contribution in [3.05, 3.63) is 36.3 Å². The van der Waals surface area contributed by atoms with E-state index in [-0.39, 0.29) is 18.2 Å². The Morgan fingerprint density at radius 2 is 2.16 bits per heavy atom. The number of rotatable bonds is 3. The summed E-state index contributed by atoms with van der Waals surface area (Å²) in [5.41, 5.74) is 1.13. The Bertz CT molecular complexity index is 610. The number of imidazole rings is 1. The molecule has 2 aromatic heterocycles. The van der Waals surface area contributed by atoms with Crippen LogP contribution in [0.1, 0.15) is 16.9 Å². The Labute approximate surface area is 109 Å². The van der Waals surface area contributed by atoms with Crippen molar-refractivity contribution in [3.63, 3.8) is 0 Å². The fourth-order valence-electron chi connectivity index (χ4n) is 2.31. The van der Waals surface area contributed by atoms with Crippen molar-refractivity contribution in [1.82, 2.24) is 14.3 Å². The van der Waals surface area contributed by atoms with Crippen molar-refractivity contribution in [2.75, 3.05) is 13.1 Å². The zero-order valence-corrected chi connectivity index (χ0v) is 10.2. The molecular formula is C13H13N3O3. The minimum absolute atomic E-state index is 0.0680. The molecule has 98 valence electrons. The van der Waals surface area contributed by atoms with Crippen molar-refractivity contribution >= 4 is 17.5 Å². The van der Waals surface area contributed by atoms with E-state index in [2.05, 4.69) is 4.98 Å². The monoisotopic (exact) mass is 259 g/mol. The number of hydrogen-bond acceptors (Lipinski definition) is 3. The highest BCUT2D eigenvalue weighted by atomic mass is 16.4. The van der Waals surface area contributed by atoms with Gasteiger partial charge in [0.2, 0.25) is 0 Å². The fraction of sp³-hybridized carbons (Fsp3) is 0.308. The summed E-state index contributed by atoms with van der Waals surface area (Å²) in [4.78, 5) is 28.6. The van der Waals surface area contributed by atoms with Gasteiger partial charge in [-0.15, -0.1) is 0 Å². The van der Waals surface area contributed by atoms with E-state index in [4.69, 9.17) is 5.11 Å². The third-order valence-electron chi connectivity index (χ3n) is 3.29. The minimum Gasteiger partial charge on any atom is -0.481 e. The van der Waals surface area contributed by atoms with Crippen LogP contribution in [0.15, 0.2) is 30.6 Å². The zero-order valence-electron chi connectivity index (χ0n) is 10.2. The molecule has 19 heavy (non-hydrogen) atoms. The van der Waals surface area contributed by atoms with Gasteiger partial charge in [0.1, 0.15) is 11.3 Å². The van der Waals surface area contributed by atoms with Crippen LogP contribution < -0.4 is 0 Å². The van der Waals surface area contributed by atoms with Gasteiger partial charge >= 0.3 is 5.97 Å². The number of aliphatic carboxylic acids is 1. The molecule has 3 rings (SSSR count). The van der Waals surface area contributed by atoms with Gasteiger partial charge in [0.25, 0.3) is 5.91 Å². The summed E-state index contributed by atoms with van der Waals surface area (Å²) < 4.78 is 1.79. The number of carboxylic acids is 1. The van der Waals surface area contributed by atoms with Crippen molar-refractivity contribution in [2.24, 2.45) is 5.92 Å². The highest BCUT2D eigenvalue weighted by Crippen LogP contribution is 2.21. The quantitative estimate of drug-likeness (QED) is 0.888. The molecule has 1 N–H and O–H groups in total. The molecule has 0 saturated carbocycles. The van der Waals surface area contributed by atoms with E-state index in [9.17, 15) is 9.59 Å². The van der Waals surface area contributed by atoms with Gasteiger partial charge in [0.05, 0.1) is 6.42 Å².